The quantitative estimate of drug-likeness (QED) is 0.743. The Hall–Kier alpha value is -3.61. The van der Waals surface area contributed by atoms with Crippen LogP contribution >= 0.6 is 0 Å². The third kappa shape index (κ3) is 3.85. The molecule has 0 radical (unpaired) electrons. The number of benzene rings is 2. The molecule has 0 unspecified atom stereocenters. The zero-order valence-corrected chi connectivity index (χ0v) is 16.3. The maximum atomic E-state index is 12.8. The average Bonchev–Trinajstić information content (AvgIpc) is 3.27. The van der Waals surface area contributed by atoms with Gasteiger partial charge < -0.3 is 19.5 Å². The standard InChI is InChI=1S/C22H22N4O3/c1-15(17-7-9-18(10-8-17)25-12-11-23-14-25)24-22(28)21-13-26(16(2)27)19-5-3-4-6-20(19)29-21/h3-12,14-15,21H,13H2,1-2H3,(H,24,28)/t15-,21+/m0/s1. The van der Waals surface area contributed by atoms with E-state index in [1.807, 2.05) is 60.2 Å². The van der Waals surface area contributed by atoms with Gasteiger partial charge in [0.1, 0.15) is 5.75 Å². The molecule has 3 aromatic rings. The minimum atomic E-state index is -0.763. The van der Waals surface area contributed by atoms with Gasteiger partial charge in [-0.05, 0) is 36.8 Å². The minimum absolute atomic E-state index is 0.123. The van der Waals surface area contributed by atoms with Crippen LogP contribution in [-0.4, -0.2) is 34.0 Å². The maximum Gasteiger partial charge on any atom is 0.263 e. The van der Waals surface area contributed by atoms with Crippen LogP contribution in [0.3, 0.4) is 0 Å². The van der Waals surface area contributed by atoms with E-state index in [2.05, 4.69) is 10.3 Å². The number of anilines is 1. The molecule has 1 aliphatic heterocycles. The number of carbonyl (C=O) groups excluding carboxylic acids is 2. The predicted molar refractivity (Wildman–Crippen MR) is 109 cm³/mol. The van der Waals surface area contributed by atoms with Crippen LogP contribution in [0.25, 0.3) is 5.69 Å². The summed E-state index contributed by atoms with van der Waals surface area (Å²) < 4.78 is 7.78. The van der Waals surface area contributed by atoms with Gasteiger partial charge in [0.25, 0.3) is 5.91 Å². The molecule has 148 valence electrons. The third-order valence-electron chi connectivity index (χ3n) is 5.00. The second-order valence-electron chi connectivity index (χ2n) is 7.00. The van der Waals surface area contributed by atoms with E-state index in [-0.39, 0.29) is 24.4 Å². The summed E-state index contributed by atoms with van der Waals surface area (Å²) >= 11 is 0. The topological polar surface area (TPSA) is 76.5 Å². The summed E-state index contributed by atoms with van der Waals surface area (Å²) in [4.78, 5) is 30.5. The second kappa shape index (κ2) is 7.79. The fraction of sp³-hybridized carbons (Fsp3) is 0.227. The molecule has 0 spiro atoms. The molecule has 1 aliphatic rings. The maximum absolute atomic E-state index is 12.8. The van der Waals surface area contributed by atoms with Crippen molar-refractivity contribution in [1.29, 1.82) is 0 Å². The lowest BCUT2D eigenvalue weighted by atomic mass is 10.1. The van der Waals surface area contributed by atoms with Gasteiger partial charge in [-0.3, -0.25) is 9.59 Å². The van der Waals surface area contributed by atoms with E-state index in [0.717, 1.165) is 11.3 Å². The lowest BCUT2D eigenvalue weighted by Gasteiger charge is -2.34. The molecule has 0 bridgehead atoms. The number of rotatable bonds is 4. The van der Waals surface area contributed by atoms with Crippen molar-refractivity contribution < 1.29 is 14.3 Å². The molecule has 29 heavy (non-hydrogen) atoms. The van der Waals surface area contributed by atoms with Crippen molar-refractivity contribution in [3.63, 3.8) is 0 Å². The first-order valence-corrected chi connectivity index (χ1v) is 9.45. The molecule has 2 aromatic carbocycles. The van der Waals surface area contributed by atoms with Gasteiger partial charge in [-0.15, -0.1) is 0 Å². The molecular weight excluding hydrogens is 368 g/mol. The molecule has 1 aromatic heterocycles. The Morgan fingerprint density at radius 3 is 2.62 bits per heavy atom. The molecule has 0 saturated heterocycles. The molecule has 1 N–H and O–H groups in total. The first-order valence-electron chi connectivity index (χ1n) is 9.45. The van der Waals surface area contributed by atoms with Crippen molar-refractivity contribution >= 4 is 17.5 Å². The number of nitrogens with zero attached hydrogens (tertiary/aromatic N) is 3. The zero-order valence-electron chi connectivity index (χ0n) is 16.3. The van der Waals surface area contributed by atoms with Crippen molar-refractivity contribution in [3.05, 3.63) is 72.8 Å². The SMILES string of the molecule is CC(=O)N1C[C@H](C(=O)N[C@@H](C)c2ccc(-n3ccnc3)cc2)Oc2ccccc21. The van der Waals surface area contributed by atoms with E-state index in [0.29, 0.717) is 11.4 Å². The molecule has 7 heteroatoms. The van der Waals surface area contributed by atoms with Crippen LogP contribution in [0.2, 0.25) is 0 Å². The number of fused-ring (bicyclic) bond motifs is 1. The summed E-state index contributed by atoms with van der Waals surface area (Å²) in [5.41, 5.74) is 2.66. The number of amides is 2. The first kappa shape index (κ1) is 18.7. The predicted octanol–water partition coefficient (Wildman–Crippen LogP) is 2.86. The summed E-state index contributed by atoms with van der Waals surface area (Å²) in [7, 11) is 0. The molecule has 7 nitrogen and oxygen atoms in total. The number of hydrogen-bond donors (Lipinski definition) is 1. The van der Waals surface area contributed by atoms with E-state index < -0.39 is 6.10 Å². The Kier molecular flexibility index (Phi) is 5.03. The molecule has 0 saturated carbocycles. The Morgan fingerprint density at radius 2 is 1.93 bits per heavy atom. The van der Waals surface area contributed by atoms with Gasteiger partial charge in [0, 0.05) is 25.0 Å². The zero-order chi connectivity index (χ0) is 20.4. The second-order valence-corrected chi connectivity index (χ2v) is 7.00. The lowest BCUT2D eigenvalue weighted by Crippen LogP contribution is -2.50. The number of aromatic nitrogens is 2. The van der Waals surface area contributed by atoms with Gasteiger partial charge in [0.2, 0.25) is 5.91 Å². The van der Waals surface area contributed by atoms with Gasteiger partial charge in [-0.2, -0.15) is 0 Å². The molecule has 0 aliphatic carbocycles. The number of nitrogens with one attached hydrogen (secondary N) is 1. The van der Waals surface area contributed by atoms with Crippen LogP contribution in [0.5, 0.6) is 5.75 Å². The van der Waals surface area contributed by atoms with Crippen molar-refractivity contribution in [3.8, 4) is 11.4 Å². The number of carbonyl (C=O) groups is 2. The third-order valence-corrected chi connectivity index (χ3v) is 5.00. The van der Waals surface area contributed by atoms with Crippen LogP contribution in [0.15, 0.2) is 67.3 Å². The Bertz CT molecular complexity index is 1010. The van der Waals surface area contributed by atoms with E-state index in [4.69, 9.17) is 4.74 Å². The van der Waals surface area contributed by atoms with Gasteiger partial charge in [0.15, 0.2) is 6.10 Å². The van der Waals surface area contributed by atoms with E-state index >= 15 is 0 Å². The van der Waals surface area contributed by atoms with Crippen LogP contribution < -0.4 is 15.0 Å². The van der Waals surface area contributed by atoms with Crippen molar-refractivity contribution in [2.24, 2.45) is 0 Å². The summed E-state index contributed by atoms with van der Waals surface area (Å²) in [6.07, 6.45) is 4.57. The van der Waals surface area contributed by atoms with Crippen LogP contribution in [0.4, 0.5) is 5.69 Å². The summed E-state index contributed by atoms with van der Waals surface area (Å²) in [5.74, 6) is 0.157. The highest BCUT2D eigenvalue weighted by Crippen LogP contribution is 2.33. The Labute approximate surface area is 168 Å². The van der Waals surface area contributed by atoms with Gasteiger partial charge >= 0.3 is 0 Å². The van der Waals surface area contributed by atoms with Gasteiger partial charge in [-0.1, -0.05) is 24.3 Å². The summed E-state index contributed by atoms with van der Waals surface area (Å²) in [6, 6.07) is 14.9. The van der Waals surface area contributed by atoms with Crippen molar-refractivity contribution in [1.82, 2.24) is 14.9 Å². The highest BCUT2D eigenvalue weighted by atomic mass is 16.5. The Balaban J connectivity index is 1.45. The van der Waals surface area contributed by atoms with Crippen LogP contribution in [0.1, 0.15) is 25.5 Å². The first-order chi connectivity index (χ1) is 14.0. The number of hydrogen-bond acceptors (Lipinski definition) is 4. The minimum Gasteiger partial charge on any atom is -0.477 e. The van der Waals surface area contributed by atoms with Crippen molar-refractivity contribution in [2.45, 2.75) is 26.0 Å². The van der Waals surface area contributed by atoms with Crippen LogP contribution in [0, 0.1) is 0 Å². The van der Waals surface area contributed by atoms with Gasteiger partial charge in [-0.25, -0.2) is 4.98 Å². The van der Waals surface area contributed by atoms with E-state index in [9.17, 15) is 9.59 Å². The van der Waals surface area contributed by atoms with Gasteiger partial charge in [0.05, 0.1) is 24.6 Å². The molecule has 2 amide bonds. The van der Waals surface area contributed by atoms with E-state index in [1.165, 1.54) is 6.92 Å². The fourth-order valence-electron chi connectivity index (χ4n) is 3.41. The van der Waals surface area contributed by atoms with Crippen molar-refractivity contribution in [2.75, 3.05) is 11.4 Å². The number of imidazole rings is 1. The average molecular weight is 390 g/mol. The monoisotopic (exact) mass is 390 g/mol. The molecule has 4 rings (SSSR count). The largest absolute Gasteiger partial charge is 0.477 e. The smallest absolute Gasteiger partial charge is 0.263 e. The number of para-hydroxylation sites is 2. The molecular formula is C22H22N4O3. The van der Waals surface area contributed by atoms with E-state index in [1.54, 1.807) is 23.5 Å². The highest BCUT2D eigenvalue weighted by Gasteiger charge is 2.33. The highest BCUT2D eigenvalue weighted by molar-refractivity contribution is 5.95. The lowest BCUT2D eigenvalue weighted by molar-refractivity contribution is -0.129. The van der Waals surface area contributed by atoms with Crippen LogP contribution in [-0.2, 0) is 9.59 Å². The summed E-state index contributed by atoms with van der Waals surface area (Å²) in [5, 5.41) is 2.99. The molecule has 2 atom stereocenters. The Morgan fingerprint density at radius 1 is 1.17 bits per heavy atom. The molecule has 2 heterocycles. The normalized spacial score (nSPS) is 16.5. The molecule has 0 fully saturated rings. The summed E-state index contributed by atoms with van der Waals surface area (Å²) in [6.45, 7) is 3.59. The fourth-order valence-corrected chi connectivity index (χ4v) is 3.41. The number of ether oxygens (including phenoxy) is 1.